The minimum atomic E-state index is 0.701. The van der Waals surface area contributed by atoms with Crippen LogP contribution < -0.4 is 0 Å². The number of amidine groups is 1. The SMILES string of the molecule is C1CCN(C2=NC3CC4CC(C3)CC2C4)C1. The lowest BCUT2D eigenvalue weighted by Gasteiger charge is -2.38. The van der Waals surface area contributed by atoms with Crippen molar-refractivity contribution < 1.29 is 0 Å². The molecule has 2 saturated carbocycles. The van der Waals surface area contributed by atoms with E-state index in [2.05, 4.69) is 4.90 Å². The normalized spacial score (nSPS) is 46.0. The molecular formula is C14H22N2. The van der Waals surface area contributed by atoms with Crippen LogP contribution >= 0.6 is 0 Å². The molecule has 3 fully saturated rings. The van der Waals surface area contributed by atoms with Gasteiger partial charge in [0.25, 0.3) is 0 Å². The topological polar surface area (TPSA) is 15.6 Å². The van der Waals surface area contributed by atoms with Gasteiger partial charge < -0.3 is 4.90 Å². The summed E-state index contributed by atoms with van der Waals surface area (Å²) in [6.07, 6.45) is 10.0. The van der Waals surface area contributed by atoms with Gasteiger partial charge in [-0.2, -0.15) is 0 Å². The molecule has 2 nitrogen and oxygen atoms in total. The molecule has 88 valence electrons. The third kappa shape index (κ3) is 1.42. The molecule has 2 unspecified atom stereocenters. The summed E-state index contributed by atoms with van der Waals surface area (Å²) in [4.78, 5) is 7.76. The van der Waals surface area contributed by atoms with Crippen LogP contribution in [0.4, 0.5) is 0 Å². The minimum absolute atomic E-state index is 0.701. The Morgan fingerprint density at radius 3 is 2.25 bits per heavy atom. The second-order valence-corrected chi connectivity index (χ2v) is 6.44. The average molecular weight is 218 g/mol. The Balaban J connectivity index is 1.66. The zero-order valence-corrected chi connectivity index (χ0v) is 10.1. The zero-order chi connectivity index (χ0) is 10.5. The predicted molar refractivity (Wildman–Crippen MR) is 65.6 cm³/mol. The van der Waals surface area contributed by atoms with Crippen LogP contribution in [0.2, 0.25) is 0 Å². The summed E-state index contributed by atoms with van der Waals surface area (Å²) in [5.74, 6) is 4.42. The molecule has 0 amide bonds. The molecule has 2 atom stereocenters. The first-order valence-corrected chi connectivity index (χ1v) is 7.21. The van der Waals surface area contributed by atoms with Gasteiger partial charge in [0.05, 0.1) is 6.04 Å². The van der Waals surface area contributed by atoms with Gasteiger partial charge in [0.1, 0.15) is 5.84 Å². The van der Waals surface area contributed by atoms with Crippen LogP contribution in [-0.4, -0.2) is 29.9 Å². The molecule has 1 saturated heterocycles. The van der Waals surface area contributed by atoms with Gasteiger partial charge in [-0.15, -0.1) is 0 Å². The van der Waals surface area contributed by atoms with Gasteiger partial charge in [0.15, 0.2) is 0 Å². The van der Waals surface area contributed by atoms with Crippen molar-refractivity contribution in [3.8, 4) is 0 Å². The van der Waals surface area contributed by atoms with Crippen LogP contribution in [-0.2, 0) is 0 Å². The van der Waals surface area contributed by atoms with Crippen LogP contribution in [0, 0.1) is 17.8 Å². The van der Waals surface area contributed by atoms with Crippen molar-refractivity contribution in [3.63, 3.8) is 0 Å². The molecule has 16 heavy (non-hydrogen) atoms. The van der Waals surface area contributed by atoms with Crippen LogP contribution in [0.3, 0.4) is 0 Å². The number of nitrogens with zero attached hydrogens (tertiary/aromatic N) is 2. The van der Waals surface area contributed by atoms with Gasteiger partial charge in [-0.3, -0.25) is 4.99 Å². The number of aliphatic imine (C=N–C) groups is 1. The van der Waals surface area contributed by atoms with Crippen LogP contribution in [0.5, 0.6) is 0 Å². The predicted octanol–water partition coefficient (Wildman–Crippen LogP) is 2.69. The molecule has 0 aromatic rings. The Bertz CT molecular complexity index is 303. The van der Waals surface area contributed by atoms with E-state index < -0.39 is 0 Å². The molecule has 2 heteroatoms. The van der Waals surface area contributed by atoms with Crippen molar-refractivity contribution >= 4 is 5.84 Å². The maximum atomic E-state index is 5.14. The lowest BCUT2D eigenvalue weighted by molar-refractivity contribution is 0.159. The summed E-state index contributed by atoms with van der Waals surface area (Å²) in [5, 5.41) is 0. The maximum absolute atomic E-state index is 5.14. The first kappa shape index (κ1) is 9.49. The largest absolute Gasteiger partial charge is 0.360 e. The van der Waals surface area contributed by atoms with Gasteiger partial charge in [-0.05, 0) is 56.8 Å². The van der Waals surface area contributed by atoms with E-state index in [-0.39, 0.29) is 0 Å². The van der Waals surface area contributed by atoms with Crippen molar-refractivity contribution in [2.75, 3.05) is 13.1 Å². The van der Waals surface area contributed by atoms with Gasteiger partial charge in [0.2, 0.25) is 0 Å². The molecule has 3 heterocycles. The average Bonchev–Trinajstić information content (AvgIpc) is 2.71. The van der Waals surface area contributed by atoms with Crippen molar-refractivity contribution in [1.29, 1.82) is 0 Å². The second-order valence-electron chi connectivity index (χ2n) is 6.44. The Morgan fingerprint density at radius 2 is 1.56 bits per heavy atom. The Hall–Kier alpha value is -0.530. The van der Waals surface area contributed by atoms with E-state index in [1.165, 1.54) is 63.9 Å². The second kappa shape index (κ2) is 3.48. The molecule has 2 aliphatic carbocycles. The quantitative estimate of drug-likeness (QED) is 0.610. The Kier molecular flexibility index (Phi) is 2.06. The summed E-state index contributed by atoms with van der Waals surface area (Å²) in [7, 11) is 0. The van der Waals surface area contributed by atoms with Gasteiger partial charge >= 0.3 is 0 Å². The van der Waals surface area contributed by atoms with Crippen molar-refractivity contribution in [2.45, 2.75) is 51.0 Å². The molecule has 0 N–H and O–H groups in total. The maximum Gasteiger partial charge on any atom is 0.102 e. The van der Waals surface area contributed by atoms with E-state index in [4.69, 9.17) is 4.99 Å². The van der Waals surface area contributed by atoms with Gasteiger partial charge in [-0.25, -0.2) is 0 Å². The molecule has 0 aromatic carbocycles. The fourth-order valence-corrected chi connectivity index (χ4v) is 4.71. The monoisotopic (exact) mass is 218 g/mol. The molecule has 3 aliphatic heterocycles. The third-order valence-electron chi connectivity index (χ3n) is 5.22. The zero-order valence-electron chi connectivity index (χ0n) is 10.1. The summed E-state index contributed by atoms with van der Waals surface area (Å²) in [6.45, 7) is 2.58. The number of rotatable bonds is 0. The summed E-state index contributed by atoms with van der Waals surface area (Å²) >= 11 is 0. The molecule has 0 radical (unpaired) electrons. The summed E-state index contributed by atoms with van der Waals surface area (Å²) < 4.78 is 0. The van der Waals surface area contributed by atoms with E-state index >= 15 is 0 Å². The highest BCUT2D eigenvalue weighted by atomic mass is 15.2. The highest BCUT2D eigenvalue weighted by Gasteiger charge is 2.42. The van der Waals surface area contributed by atoms with E-state index in [0.717, 1.165) is 17.8 Å². The van der Waals surface area contributed by atoms with Crippen LogP contribution in [0.1, 0.15) is 44.9 Å². The Morgan fingerprint density at radius 1 is 0.875 bits per heavy atom. The number of hydrogen-bond donors (Lipinski definition) is 0. The number of hydrogen-bond acceptors (Lipinski definition) is 2. The minimum Gasteiger partial charge on any atom is -0.360 e. The van der Waals surface area contributed by atoms with E-state index in [9.17, 15) is 0 Å². The molecule has 5 rings (SSSR count). The molecule has 0 spiro atoms. The molecular weight excluding hydrogens is 196 g/mol. The number of likely N-dealkylation sites (tertiary alicyclic amines) is 1. The van der Waals surface area contributed by atoms with Gasteiger partial charge in [-0.1, -0.05) is 0 Å². The first-order chi connectivity index (χ1) is 7.88. The summed E-state index contributed by atoms with van der Waals surface area (Å²) in [6, 6.07) is 0.701. The highest BCUT2D eigenvalue weighted by Crippen LogP contribution is 2.47. The van der Waals surface area contributed by atoms with Crippen LogP contribution in [0.15, 0.2) is 4.99 Å². The lowest BCUT2D eigenvalue weighted by Crippen LogP contribution is -2.37. The van der Waals surface area contributed by atoms with E-state index in [0.29, 0.717) is 6.04 Å². The van der Waals surface area contributed by atoms with Crippen molar-refractivity contribution in [2.24, 2.45) is 22.7 Å². The van der Waals surface area contributed by atoms with Gasteiger partial charge in [0, 0.05) is 19.0 Å². The standard InChI is InChI=1S/C14H22N2/c1-2-4-16(3-1)14-12-6-10-5-11(7-12)9-13(8-10)15-14/h10-13H,1-9H2. The Labute approximate surface area is 98.1 Å². The lowest BCUT2D eigenvalue weighted by atomic mass is 9.67. The third-order valence-corrected chi connectivity index (χ3v) is 5.22. The fourth-order valence-electron chi connectivity index (χ4n) is 4.71. The van der Waals surface area contributed by atoms with E-state index in [1.807, 2.05) is 0 Å². The highest BCUT2D eigenvalue weighted by molar-refractivity contribution is 5.85. The molecule has 4 bridgehead atoms. The molecule has 5 aliphatic rings. The fraction of sp³-hybridized carbons (Fsp3) is 0.929. The van der Waals surface area contributed by atoms with Crippen molar-refractivity contribution in [3.05, 3.63) is 0 Å². The van der Waals surface area contributed by atoms with Crippen molar-refractivity contribution in [1.82, 2.24) is 4.90 Å². The van der Waals surface area contributed by atoms with E-state index in [1.54, 1.807) is 0 Å². The molecule has 0 aromatic heterocycles. The van der Waals surface area contributed by atoms with Crippen LogP contribution in [0.25, 0.3) is 0 Å². The first-order valence-electron chi connectivity index (χ1n) is 7.21. The summed E-state index contributed by atoms with van der Waals surface area (Å²) in [5.41, 5.74) is 0. The smallest absolute Gasteiger partial charge is 0.102 e.